The lowest BCUT2D eigenvalue weighted by atomic mass is 10.3. The van der Waals surface area contributed by atoms with Crippen LogP contribution in [0.4, 0.5) is 0 Å². The van der Waals surface area contributed by atoms with Gasteiger partial charge in [0.1, 0.15) is 0 Å². The van der Waals surface area contributed by atoms with Crippen LogP contribution in [0, 0.1) is 0 Å². The molecule has 0 unspecified atom stereocenters. The van der Waals surface area contributed by atoms with Gasteiger partial charge in [-0.25, -0.2) is 0 Å². The predicted octanol–water partition coefficient (Wildman–Crippen LogP) is -0.342. The van der Waals surface area contributed by atoms with Crippen molar-refractivity contribution in [3.63, 3.8) is 0 Å². The van der Waals surface area contributed by atoms with Crippen LogP contribution in [0.2, 0.25) is 0 Å². The molecular formula is C11H22N4O2. The van der Waals surface area contributed by atoms with E-state index in [9.17, 15) is 5.11 Å². The third-order valence-electron chi connectivity index (χ3n) is 2.46. The summed E-state index contributed by atoms with van der Waals surface area (Å²) in [6, 6.07) is 0.139. The van der Waals surface area contributed by atoms with Gasteiger partial charge in [0.25, 0.3) is 0 Å². The molecule has 0 aliphatic heterocycles. The Bertz CT molecular complexity index is 336. The van der Waals surface area contributed by atoms with E-state index in [2.05, 4.69) is 20.0 Å². The second kappa shape index (κ2) is 6.56. The normalized spacial score (nSPS) is 11.6. The van der Waals surface area contributed by atoms with Crippen molar-refractivity contribution in [2.45, 2.75) is 32.9 Å². The largest absolute Gasteiger partial charge is 0.539 e. The lowest BCUT2D eigenvalue weighted by Gasteiger charge is -2.09. The van der Waals surface area contributed by atoms with E-state index in [1.54, 1.807) is 4.68 Å². The molecule has 0 saturated heterocycles. The Hall–Kier alpha value is -1.14. The lowest BCUT2D eigenvalue weighted by molar-refractivity contribution is -0.785. The Balaban J connectivity index is 2.38. The summed E-state index contributed by atoms with van der Waals surface area (Å²) in [7, 11) is 4.09. The minimum atomic E-state index is -0.348. The molecule has 0 aliphatic carbocycles. The van der Waals surface area contributed by atoms with Gasteiger partial charge in [-0.05, 0) is 47.5 Å². The van der Waals surface area contributed by atoms with Gasteiger partial charge in [-0.2, -0.15) is 0 Å². The molecule has 6 heteroatoms. The summed E-state index contributed by atoms with van der Waals surface area (Å²) >= 11 is 0. The highest BCUT2D eigenvalue weighted by atomic mass is 16.6. The molecule has 1 aromatic rings. The predicted molar refractivity (Wildman–Crippen MR) is 61.4 cm³/mol. The fourth-order valence-electron chi connectivity index (χ4n) is 1.56. The second-order valence-corrected chi connectivity index (χ2v) is 4.68. The van der Waals surface area contributed by atoms with Crippen LogP contribution in [-0.4, -0.2) is 37.4 Å². The van der Waals surface area contributed by atoms with Gasteiger partial charge in [0.15, 0.2) is 12.0 Å². The molecule has 0 fully saturated rings. The van der Waals surface area contributed by atoms with E-state index in [4.69, 9.17) is 0 Å². The third-order valence-corrected chi connectivity index (χ3v) is 2.46. The van der Waals surface area contributed by atoms with Gasteiger partial charge in [0.05, 0.1) is 11.8 Å². The van der Waals surface area contributed by atoms with Crippen molar-refractivity contribution in [2.24, 2.45) is 0 Å². The summed E-state index contributed by atoms with van der Waals surface area (Å²) in [5.74, 6) is -0.348. The molecule has 0 aromatic carbocycles. The van der Waals surface area contributed by atoms with Crippen molar-refractivity contribution < 1.29 is 14.3 Å². The summed E-state index contributed by atoms with van der Waals surface area (Å²) in [6.45, 7) is 6.36. The monoisotopic (exact) mass is 242 g/mol. The Morgan fingerprint density at radius 2 is 2.18 bits per heavy atom. The van der Waals surface area contributed by atoms with Gasteiger partial charge < -0.3 is 19.8 Å². The van der Waals surface area contributed by atoms with Crippen LogP contribution in [0.25, 0.3) is 0 Å². The van der Waals surface area contributed by atoms with Gasteiger partial charge >= 0.3 is 0 Å². The smallest absolute Gasteiger partial charge is 0.247 e. The Morgan fingerprint density at radius 1 is 1.47 bits per heavy atom. The number of hydrogen-bond donors (Lipinski definition) is 1. The zero-order chi connectivity index (χ0) is 12.8. The van der Waals surface area contributed by atoms with Crippen LogP contribution in [0.15, 0.2) is 4.52 Å². The molecule has 1 heterocycles. The Labute approximate surface area is 102 Å². The lowest BCUT2D eigenvalue weighted by Crippen LogP contribution is -2.43. The van der Waals surface area contributed by atoms with E-state index < -0.39 is 0 Å². The zero-order valence-electron chi connectivity index (χ0n) is 11.1. The Kier molecular flexibility index (Phi) is 5.37. The van der Waals surface area contributed by atoms with Gasteiger partial charge in [0.2, 0.25) is 5.69 Å². The SMILES string of the molecule is CC(C)[n+]1noc([O-])c1CNCCCN(C)C. The molecule has 0 amide bonds. The molecule has 1 aromatic heterocycles. The van der Waals surface area contributed by atoms with E-state index in [-0.39, 0.29) is 12.0 Å². The van der Waals surface area contributed by atoms with E-state index in [0.717, 1.165) is 19.5 Å². The van der Waals surface area contributed by atoms with Gasteiger partial charge in [-0.1, -0.05) is 4.68 Å². The molecule has 0 spiro atoms. The molecule has 6 nitrogen and oxygen atoms in total. The number of hydrogen-bond acceptors (Lipinski definition) is 5. The molecule has 1 rings (SSSR count). The van der Waals surface area contributed by atoms with Crippen LogP contribution in [0.1, 0.15) is 32.0 Å². The van der Waals surface area contributed by atoms with E-state index in [1.165, 1.54) is 0 Å². The standard InChI is InChI=1S/C11H22N4O2/c1-9(2)15-10(11(16)17-13-15)8-12-6-5-7-14(3)4/h9,12H,5-8H2,1-4H3. The summed E-state index contributed by atoms with van der Waals surface area (Å²) in [4.78, 5) is 2.13. The van der Waals surface area contributed by atoms with E-state index in [0.29, 0.717) is 12.2 Å². The molecule has 17 heavy (non-hydrogen) atoms. The fraction of sp³-hybridized carbons (Fsp3) is 0.818. The topological polar surface area (TPSA) is 68.2 Å². The molecule has 0 bridgehead atoms. The molecule has 0 atom stereocenters. The first-order valence-electron chi connectivity index (χ1n) is 5.95. The van der Waals surface area contributed by atoms with Gasteiger partial charge in [-0.3, -0.25) is 0 Å². The quantitative estimate of drug-likeness (QED) is 0.523. The number of aromatic nitrogens is 2. The van der Waals surface area contributed by atoms with Crippen LogP contribution in [-0.2, 0) is 6.54 Å². The van der Waals surface area contributed by atoms with Crippen molar-refractivity contribution in [1.29, 1.82) is 0 Å². The summed E-state index contributed by atoms with van der Waals surface area (Å²) in [6.07, 6.45) is 1.05. The first-order valence-corrected chi connectivity index (χ1v) is 5.95. The minimum Gasteiger partial charge on any atom is -0.539 e. The summed E-state index contributed by atoms with van der Waals surface area (Å²) in [5, 5.41) is 18.4. The number of nitrogens with one attached hydrogen (secondary N) is 1. The fourth-order valence-corrected chi connectivity index (χ4v) is 1.56. The van der Waals surface area contributed by atoms with Gasteiger partial charge in [0, 0.05) is 0 Å². The average molecular weight is 242 g/mol. The molecule has 0 aliphatic rings. The molecule has 98 valence electrons. The zero-order valence-corrected chi connectivity index (χ0v) is 11.1. The maximum Gasteiger partial charge on any atom is 0.247 e. The van der Waals surface area contributed by atoms with Gasteiger partial charge in [-0.15, -0.1) is 0 Å². The van der Waals surface area contributed by atoms with Crippen molar-refractivity contribution in [3.8, 4) is 5.95 Å². The average Bonchev–Trinajstić information content (AvgIpc) is 2.59. The third kappa shape index (κ3) is 4.32. The van der Waals surface area contributed by atoms with Crippen molar-refractivity contribution in [3.05, 3.63) is 5.69 Å². The highest BCUT2D eigenvalue weighted by Crippen LogP contribution is 2.08. The first kappa shape index (κ1) is 13.9. The van der Waals surface area contributed by atoms with E-state index >= 15 is 0 Å². The maximum absolute atomic E-state index is 11.4. The minimum absolute atomic E-state index is 0.139. The number of rotatable bonds is 7. The molecule has 0 saturated carbocycles. The summed E-state index contributed by atoms with van der Waals surface area (Å²) in [5.41, 5.74) is 0.588. The van der Waals surface area contributed by atoms with Crippen molar-refractivity contribution in [1.82, 2.24) is 15.5 Å². The highest BCUT2D eigenvalue weighted by molar-refractivity contribution is 5.02. The van der Waals surface area contributed by atoms with Crippen LogP contribution < -0.4 is 15.1 Å². The Morgan fingerprint density at radius 3 is 2.76 bits per heavy atom. The van der Waals surface area contributed by atoms with Crippen molar-refractivity contribution >= 4 is 0 Å². The van der Waals surface area contributed by atoms with Crippen LogP contribution in [0.3, 0.4) is 0 Å². The molecule has 1 N–H and O–H groups in total. The van der Waals surface area contributed by atoms with E-state index in [1.807, 2.05) is 27.9 Å². The van der Waals surface area contributed by atoms with Crippen LogP contribution >= 0.6 is 0 Å². The molecular weight excluding hydrogens is 220 g/mol. The highest BCUT2D eigenvalue weighted by Gasteiger charge is 2.19. The molecule has 0 radical (unpaired) electrons. The van der Waals surface area contributed by atoms with Crippen LogP contribution in [0.5, 0.6) is 5.95 Å². The summed E-state index contributed by atoms with van der Waals surface area (Å²) < 4.78 is 6.29. The maximum atomic E-state index is 11.4. The first-order chi connectivity index (χ1) is 8.02. The number of nitrogens with zero attached hydrogens (tertiary/aromatic N) is 3. The second-order valence-electron chi connectivity index (χ2n) is 4.68. The van der Waals surface area contributed by atoms with Crippen molar-refractivity contribution in [2.75, 3.05) is 27.2 Å².